The van der Waals surface area contributed by atoms with Crippen LogP contribution in [-0.4, -0.2) is 46.4 Å². The lowest BCUT2D eigenvalue weighted by atomic mass is 9.94. The molecule has 1 saturated heterocycles. The van der Waals surface area contributed by atoms with E-state index in [9.17, 15) is 29.6 Å². The lowest BCUT2D eigenvalue weighted by Crippen LogP contribution is -2.29. The van der Waals surface area contributed by atoms with E-state index in [2.05, 4.69) is 11.6 Å². The van der Waals surface area contributed by atoms with Crippen molar-refractivity contribution in [2.24, 2.45) is 0 Å². The zero-order valence-electron chi connectivity index (χ0n) is 21.2. The number of ether oxygens (including phenoxy) is 2. The van der Waals surface area contributed by atoms with Crippen LogP contribution >= 0.6 is 11.3 Å². The minimum atomic E-state index is -1.27. The molecule has 1 aromatic heterocycles. The molecule has 1 aliphatic heterocycles. The summed E-state index contributed by atoms with van der Waals surface area (Å²) in [5.74, 6) is -2.64. The summed E-state index contributed by atoms with van der Waals surface area (Å²) in [6, 6.07) is 8.86. The molecule has 0 spiro atoms. The predicted molar refractivity (Wildman–Crippen MR) is 143 cm³/mol. The number of amides is 1. The number of hydrogen-bond donors (Lipinski definition) is 1. The van der Waals surface area contributed by atoms with Crippen molar-refractivity contribution in [1.29, 1.82) is 0 Å². The van der Waals surface area contributed by atoms with Gasteiger partial charge in [-0.1, -0.05) is 36.1 Å². The number of esters is 1. The molecular formula is C27H23N3O8S. The largest absolute Gasteiger partial charge is 0.507 e. The molecule has 200 valence electrons. The van der Waals surface area contributed by atoms with Crippen LogP contribution in [0.5, 0.6) is 5.75 Å². The molecule has 0 aliphatic carbocycles. The van der Waals surface area contributed by atoms with Crippen LogP contribution in [0.1, 0.15) is 38.1 Å². The Bertz CT molecular complexity index is 1560. The zero-order valence-corrected chi connectivity index (χ0v) is 22.0. The van der Waals surface area contributed by atoms with E-state index in [-0.39, 0.29) is 44.7 Å². The van der Waals surface area contributed by atoms with Gasteiger partial charge in [0.15, 0.2) is 5.13 Å². The highest BCUT2D eigenvalue weighted by atomic mass is 32.1. The first-order valence-corrected chi connectivity index (χ1v) is 12.4. The number of Topliss-reactive ketones (excluding diaryl/α,β-unsaturated/α-hetero) is 1. The van der Waals surface area contributed by atoms with E-state index in [1.165, 1.54) is 43.5 Å². The van der Waals surface area contributed by atoms with E-state index in [0.29, 0.717) is 11.3 Å². The van der Waals surface area contributed by atoms with Crippen molar-refractivity contribution in [2.75, 3.05) is 18.6 Å². The number of carbonyl (C=O) groups excluding carboxylic acids is 3. The van der Waals surface area contributed by atoms with E-state index in [1.807, 2.05) is 0 Å². The number of aryl methyl sites for hydroxylation is 2. The highest BCUT2D eigenvalue weighted by Crippen LogP contribution is 2.44. The molecule has 39 heavy (non-hydrogen) atoms. The van der Waals surface area contributed by atoms with Crippen molar-refractivity contribution < 1.29 is 33.9 Å². The summed E-state index contributed by atoms with van der Waals surface area (Å²) in [5.41, 5.74) is 0.802. The maximum atomic E-state index is 13.4. The fourth-order valence-corrected chi connectivity index (χ4v) is 5.20. The molecule has 0 bridgehead atoms. The summed E-state index contributed by atoms with van der Waals surface area (Å²) in [6.07, 6.45) is 1.40. The van der Waals surface area contributed by atoms with Gasteiger partial charge in [-0.2, -0.15) is 0 Å². The molecule has 1 aliphatic rings. The number of thiazole rings is 1. The zero-order chi connectivity index (χ0) is 28.4. The van der Waals surface area contributed by atoms with Gasteiger partial charge in [0.25, 0.3) is 11.5 Å². The Morgan fingerprint density at radius 2 is 2.00 bits per heavy atom. The van der Waals surface area contributed by atoms with Crippen molar-refractivity contribution in [3.63, 3.8) is 0 Å². The number of nitrogens with zero attached hydrogens (tertiary/aromatic N) is 3. The summed E-state index contributed by atoms with van der Waals surface area (Å²) in [4.78, 5) is 55.7. The van der Waals surface area contributed by atoms with Crippen molar-refractivity contribution in [1.82, 2.24) is 4.98 Å². The molecular weight excluding hydrogens is 526 g/mol. The number of carbonyl (C=O) groups is 3. The van der Waals surface area contributed by atoms with Crippen molar-refractivity contribution in [3.8, 4) is 5.75 Å². The van der Waals surface area contributed by atoms with E-state index < -0.39 is 34.4 Å². The molecule has 0 saturated carbocycles. The first-order valence-electron chi connectivity index (χ1n) is 11.5. The minimum Gasteiger partial charge on any atom is -0.507 e. The molecule has 2 aromatic carbocycles. The lowest BCUT2D eigenvalue weighted by molar-refractivity contribution is -0.384. The highest BCUT2D eigenvalue weighted by Gasteiger charge is 2.48. The number of aromatic nitrogens is 1. The molecule has 3 aromatic rings. The predicted octanol–water partition coefficient (Wildman–Crippen LogP) is 4.65. The van der Waals surface area contributed by atoms with Gasteiger partial charge in [-0.05, 0) is 43.2 Å². The molecule has 1 atom stereocenters. The van der Waals surface area contributed by atoms with Gasteiger partial charge in [0, 0.05) is 17.7 Å². The topological polar surface area (TPSA) is 149 Å². The third-order valence-electron chi connectivity index (χ3n) is 6.02. The molecule has 1 N–H and O–H groups in total. The fraction of sp³-hybridized carbons (Fsp3) is 0.185. The van der Waals surface area contributed by atoms with Crippen LogP contribution in [-0.2, 0) is 14.3 Å². The third kappa shape index (κ3) is 5.01. The monoisotopic (exact) mass is 549 g/mol. The van der Waals surface area contributed by atoms with Gasteiger partial charge < -0.3 is 14.6 Å². The number of benzene rings is 2. The van der Waals surface area contributed by atoms with E-state index in [4.69, 9.17) is 9.47 Å². The van der Waals surface area contributed by atoms with Crippen molar-refractivity contribution >= 4 is 45.6 Å². The number of nitro benzene ring substituents is 1. The van der Waals surface area contributed by atoms with Gasteiger partial charge in [0.1, 0.15) is 23.0 Å². The summed E-state index contributed by atoms with van der Waals surface area (Å²) in [5, 5.41) is 22.8. The standard InChI is InChI=1S/C27H23N3O8S/c1-5-11-38-26(34)24-15(3)28-27(39-24)29-21(16-7-6-8-18(13-16)30(35)36)20(23(32)25(29)33)22(31)17-9-10-19(37-4)14(2)12-17/h5-10,12-13,21,31H,1,11H2,2-4H3/b22-20+/t21-/m0/s1. The quantitative estimate of drug-likeness (QED) is 0.0806. The van der Waals surface area contributed by atoms with Crippen LogP contribution in [0.3, 0.4) is 0 Å². The number of hydrogen-bond acceptors (Lipinski definition) is 10. The number of ketones is 1. The highest BCUT2D eigenvalue weighted by molar-refractivity contribution is 7.17. The van der Waals surface area contributed by atoms with Crippen LogP contribution < -0.4 is 9.64 Å². The number of non-ortho nitro benzene ring substituents is 1. The smallest absolute Gasteiger partial charge is 0.350 e. The number of aliphatic hydroxyl groups is 1. The van der Waals surface area contributed by atoms with Crippen LogP contribution in [0.2, 0.25) is 0 Å². The number of rotatable bonds is 8. The molecule has 0 radical (unpaired) electrons. The molecule has 1 amide bonds. The Morgan fingerprint density at radius 1 is 1.26 bits per heavy atom. The Balaban J connectivity index is 1.93. The fourth-order valence-electron chi connectivity index (χ4n) is 4.21. The number of methoxy groups -OCH3 is 1. The molecule has 12 heteroatoms. The maximum Gasteiger partial charge on any atom is 0.350 e. The second-order valence-corrected chi connectivity index (χ2v) is 9.48. The normalized spacial score (nSPS) is 16.3. The van der Waals surface area contributed by atoms with E-state index in [1.54, 1.807) is 26.0 Å². The second kappa shape index (κ2) is 10.9. The van der Waals surface area contributed by atoms with Gasteiger partial charge in [-0.25, -0.2) is 9.78 Å². The number of anilines is 1. The van der Waals surface area contributed by atoms with Crippen LogP contribution in [0.4, 0.5) is 10.8 Å². The van der Waals surface area contributed by atoms with Gasteiger partial charge >= 0.3 is 11.9 Å². The van der Waals surface area contributed by atoms with Crippen molar-refractivity contribution in [2.45, 2.75) is 19.9 Å². The summed E-state index contributed by atoms with van der Waals surface area (Å²) in [6.45, 7) is 6.76. The summed E-state index contributed by atoms with van der Waals surface area (Å²) >= 11 is 0.825. The van der Waals surface area contributed by atoms with Crippen LogP contribution in [0, 0.1) is 24.0 Å². The van der Waals surface area contributed by atoms with Gasteiger partial charge in [-0.3, -0.25) is 24.6 Å². The summed E-state index contributed by atoms with van der Waals surface area (Å²) < 4.78 is 10.4. The Morgan fingerprint density at radius 3 is 2.64 bits per heavy atom. The maximum absolute atomic E-state index is 13.4. The van der Waals surface area contributed by atoms with Gasteiger partial charge in [-0.15, -0.1) is 0 Å². The number of nitro groups is 1. The first-order chi connectivity index (χ1) is 18.6. The average Bonchev–Trinajstić information content (AvgIpc) is 3.43. The van der Waals surface area contributed by atoms with Gasteiger partial charge in [0.2, 0.25) is 0 Å². The molecule has 1 fully saturated rings. The summed E-state index contributed by atoms with van der Waals surface area (Å²) in [7, 11) is 1.49. The van der Waals surface area contributed by atoms with Gasteiger partial charge in [0.05, 0.1) is 29.3 Å². The minimum absolute atomic E-state index is 0.0124. The van der Waals surface area contributed by atoms with Crippen LogP contribution in [0.15, 0.2) is 60.7 Å². The molecule has 4 rings (SSSR count). The van der Waals surface area contributed by atoms with E-state index in [0.717, 1.165) is 16.2 Å². The Hall–Kier alpha value is -4.84. The average molecular weight is 550 g/mol. The van der Waals surface area contributed by atoms with Crippen molar-refractivity contribution in [3.05, 3.63) is 98.1 Å². The Labute approximate surface area is 226 Å². The molecule has 2 heterocycles. The second-order valence-electron chi connectivity index (χ2n) is 8.50. The molecule has 0 unspecified atom stereocenters. The number of aliphatic hydroxyl groups excluding tert-OH is 1. The van der Waals surface area contributed by atoms with Crippen LogP contribution in [0.25, 0.3) is 5.76 Å². The third-order valence-corrected chi connectivity index (χ3v) is 7.16. The van der Waals surface area contributed by atoms with E-state index >= 15 is 0 Å². The molecule has 11 nitrogen and oxygen atoms in total. The lowest BCUT2D eigenvalue weighted by Gasteiger charge is -2.23. The SMILES string of the molecule is C=CCOC(=O)c1sc(N2C(=O)C(=O)/C(=C(/O)c3ccc(OC)c(C)c3)[C@@H]2c2cccc([N+](=O)[O-])c2)nc1C. The Kier molecular flexibility index (Phi) is 7.58. The first kappa shape index (κ1) is 27.2.